The molecule has 22 heavy (non-hydrogen) atoms. The molecule has 1 heterocycles. The third kappa shape index (κ3) is 3.13. The molecule has 1 aromatic carbocycles. The monoisotopic (exact) mass is 316 g/mol. The van der Waals surface area contributed by atoms with Crippen LogP contribution in [0.5, 0.6) is 0 Å². The summed E-state index contributed by atoms with van der Waals surface area (Å²) in [5, 5.41) is 3.21. The van der Waals surface area contributed by atoms with E-state index in [1.54, 1.807) is 0 Å². The number of piperazine rings is 1. The van der Waals surface area contributed by atoms with Crippen LogP contribution in [-0.4, -0.2) is 31.1 Å². The predicted molar refractivity (Wildman–Crippen MR) is 75.9 cm³/mol. The molecule has 1 atom stereocenters. The highest BCUT2D eigenvalue weighted by molar-refractivity contribution is 5.34. The topological polar surface area (TPSA) is 15.3 Å². The van der Waals surface area contributed by atoms with Gasteiger partial charge < -0.3 is 5.32 Å². The fourth-order valence-corrected chi connectivity index (χ4v) is 3.50. The van der Waals surface area contributed by atoms with Crippen LogP contribution < -0.4 is 5.32 Å². The summed E-state index contributed by atoms with van der Waals surface area (Å²) in [5.41, 5.74) is -0.580. The smallest absolute Gasteiger partial charge is 0.314 e. The second kappa shape index (κ2) is 6.16. The van der Waals surface area contributed by atoms with Crippen molar-refractivity contribution in [3.63, 3.8) is 0 Å². The minimum absolute atomic E-state index is 0.110. The van der Waals surface area contributed by atoms with Gasteiger partial charge in [-0.1, -0.05) is 6.42 Å². The van der Waals surface area contributed by atoms with Gasteiger partial charge >= 0.3 is 6.18 Å². The molecule has 1 N–H and O–H groups in total. The molecule has 2 aliphatic rings. The SMILES string of the molecule is Fc1ccc(C(F)(F)F)c([C@H](C2CCC2)N2CCNCC2)c1. The molecule has 1 saturated heterocycles. The van der Waals surface area contributed by atoms with Crippen LogP contribution >= 0.6 is 0 Å². The van der Waals surface area contributed by atoms with Crippen LogP contribution in [0, 0.1) is 11.7 Å². The molecular formula is C16H20F4N2. The van der Waals surface area contributed by atoms with Gasteiger partial charge in [-0.05, 0) is 42.5 Å². The first-order valence-corrected chi connectivity index (χ1v) is 7.78. The number of hydrogen-bond donors (Lipinski definition) is 1. The van der Waals surface area contributed by atoms with Gasteiger partial charge in [0.05, 0.1) is 5.56 Å². The summed E-state index contributed by atoms with van der Waals surface area (Å²) in [6, 6.07) is 2.55. The Balaban J connectivity index is 2.01. The lowest BCUT2D eigenvalue weighted by atomic mass is 9.75. The van der Waals surface area contributed by atoms with E-state index < -0.39 is 17.6 Å². The van der Waals surface area contributed by atoms with Crippen LogP contribution in [0.2, 0.25) is 0 Å². The Morgan fingerprint density at radius 2 is 1.82 bits per heavy atom. The van der Waals surface area contributed by atoms with Crippen molar-refractivity contribution in [1.82, 2.24) is 10.2 Å². The molecule has 0 bridgehead atoms. The Morgan fingerprint density at radius 3 is 2.36 bits per heavy atom. The third-order valence-electron chi connectivity index (χ3n) is 4.78. The van der Waals surface area contributed by atoms with Crippen LogP contribution in [0.1, 0.15) is 36.4 Å². The molecule has 1 saturated carbocycles. The van der Waals surface area contributed by atoms with Crippen LogP contribution in [0.25, 0.3) is 0 Å². The Bertz CT molecular complexity index is 519. The number of nitrogens with one attached hydrogen (secondary N) is 1. The van der Waals surface area contributed by atoms with Crippen LogP contribution in [0.3, 0.4) is 0 Å². The Labute approximate surface area is 127 Å². The minimum atomic E-state index is -4.45. The number of benzene rings is 1. The van der Waals surface area contributed by atoms with Gasteiger partial charge in [-0.2, -0.15) is 13.2 Å². The fourth-order valence-electron chi connectivity index (χ4n) is 3.50. The van der Waals surface area contributed by atoms with Gasteiger partial charge in [0.2, 0.25) is 0 Å². The number of halogens is 4. The van der Waals surface area contributed by atoms with Gasteiger partial charge in [0.1, 0.15) is 5.82 Å². The quantitative estimate of drug-likeness (QED) is 0.857. The molecule has 2 nitrogen and oxygen atoms in total. The van der Waals surface area contributed by atoms with Gasteiger partial charge in [0, 0.05) is 32.2 Å². The molecule has 0 amide bonds. The Hall–Kier alpha value is -1.14. The standard InChI is InChI=1S/C16H20F4N2/c17-12-4-5-14(16(18,19)20)13(10-12)15(11-2-1-3-11)22-8-6-21-7-9-22/h4-5,10-11,15,21H,1-3,6-9H2/t15-/m0/s1. The van der Waals surface area contributed by atoms with E-state index in [9.17, 15) is 17.6 Å². The normalized spacial score (nSPS) is 22.4. The molecule has 0 unspecified atom stereocenters. The maximum Gasteiger partial charge on any atom is 0.416 e. The molecule has 1 aliphatic heterocycles. The Kier molecular flexibility index (Phi) is 4.41. The van der Waals surface area contributed by atoms with Crippen molar-refractivity contribution in [3.05, 3.63) is 35.1 Å². The molecule has 6 heteroatoms. The summed E-state index contributed by atoms with van der Waals surface area (Å²) in [6.45, 7) is 2.93. The van der Waals surface area contributed by atoms with E-state index in [1.165, 1.54) is 0 Å². The molecule has 1 aliphatic carbocycles. The van der Waals surface area contributed by atoms with Gasteiger partial charge in [0.15, 0.2) is 0 Å². The molecular weight excluding hydrogens is 296 g/mol. The average Bonchev–Trinajstić information content (AvgIpc) is 2.42. The van der Waals surface area contributed by atoms with E-state index in [4.69, 9.17) is 0 Å². The molecule has 0 spiro atoms. The summed E-state index contributed by atoms with van der Waals surface area (Å²) >= 11 is 0. The molecule has 0 radical (unpaired) electrons. The van der Waals surface area contributed by atoms with Crippen LogP contribution in [0.4, 0.5) is 17.6 Å². The van der Waals surface area contributed by atoms with E-state index in [1.807, 2.05) is 0 Å². The van der Waals surface area contributed by atoms with Crippen LogP contribution in [0.15, 0.2) is 18.2 Å². The van der Waals surface area contributed by atoms with Crippen molar-refractivity contribution in [2.24, 2.45) is 5.92 Å². The highest BCUT2D eigenvalue weighted by atomic mass is 19.4. The fraction of sp³-hybridized carbons (Fsp3) is 0.625. The zero-order valence-corrected chi connectivity index (χ0v) is 12.3. The van der Waals surface area contributed by atoms with Gasteiger partial charge in [0.25, 0.3) is 0 Å². The van der Waals surface area contributed by atoms with E-state index in [0.29, 0.717) is 13.1 Å². The first kappa shape index (κ1) is 15.7. The van der Waals surface area contributed by atoms with Crippen molar-refractivity contribution >= 4 is 0 Å². The van der Waals surface area contributed by atoms with Crippen molar-refractivity contribution in [1.29, 1.82) is 0 Å². The summed E-state index contributed by atoms with van der Waals surface area (Å²) in [4.78, 5) is 2.09. The molecule has 122 valence electrons. The summed E-state index contributed by atoms with van der Waals surface area (Å²) < 4.78 is 53.7. The van der Waals surface area contributed by atoms with Gasteiger partial charge in [-0.25, -0.2) is 4.39 Å². The van der Waals surface area contributed by atoms with E-state index in [2.05, 4.69) is 10.2 Å². The highest BCUT2D eigenvalue weighted by Crippen LogP contribution is 2.45. The number of nitrogens with zero attached hydrogens (tertiary/aromatic N) is 1. The first-order chi connectivity index (χ1) is 10.5. The van der Waals surface area contributed by atoms with E-state index in [0.717, 1.165) is 50.6 Å². The highest BCUT2D eigenvalue weighted by Gasteiger charge is 2.41. The molecule has 3 rings (SSSR count). The van der Waals surface area contributed by atoms with E-state index in [-0.39, 0.29) is 17.5 Å². The number of hydrogen-bond acceptors (Lipinski definition) is 2. The average molecular weight is 316 g/mol. The zero-order valence-electron chi connectivity index (χ0n) is 12.3. The lowest BCUT2D eigenvalue weighted by Crippen LogP contribution is -2.48. The second-order valence-electron chi connectivity index (χ2n) is 6.15. The van der Waals surface area contributed by atoms with E-state index >= 15 is 0 Å². The van der Waals surface area contributed by atoms with Gasteiger partial charge in [-0.15, -0.1) is 0 Å². The van der Waals surface area contributed by atoms with Crippen molar-refractivity contribution in [2.75, 3.05) is 26.2 Å². The second-order valence-corrected chi connectivity index (χ2v) is 6.15. The van der Waals surface area contributed by atoms with Crippen molar-refractivity contribution in [3.8, 4) is 0 Å². The lowest BCUT2D eigenvalue weighted by molar-refractivity contribution is -0.139. The van der Waals surface area contributed by atoms with Crippen LogP contribution in [-0.2, 0) is 6.18 Å². The minimum Gasteiger partial charge on any atom is -0.314 e. The zero-order chi connectivity index (χ0) is 15.7. The van der Waals surface area contributed by atoms with Gasteiger partial charge in [-0.3, -0.25) is 4.90 Å². The Morgan fingerprint density at radius 1 is 1.14 bits per heavy atom. The number of rotatable bonds is 3. The number of alkyl halides is 3. The largest absolute Gasteiger partial charge is 0.416 e. The summed E-state index contributed by atoms with van der Waals surface area (Å²) in [7, 11) is 0. The maximum atomic E-state index is 13.7. The maximum absolute atomic E-state index is 13.7. The first-order valence-electron chi connectivity index (χ1n) is 7.78. The third-order valence-corrected chi connectivity index (χ3v) is 4.78. The van der Waals surface area contributed by atoms with Crippen molar-refractivity contribution in [2.45, 2.75) is 31.5 Å². The molecule has 0 aromatic heterocycles. The molecule has 2 fully saturated rings. The van der Waals surface area contributed by atoms with Crippen molar-refractivity contribution < 1.29 is 17.6 Å². The summed E-state index contributed by atoms with van der Waals surface area (Å²) in [5.74, 6) is -0.400. The predicted octanol–water partition coefficient (Wildman–Crippen LogP) is 3.59. The summed E-state index contributed by atoms with van der Waals surface area (Å²) in [6.07, 6.45) is -1.56. The lowest BCUT2D eigenvalue weighted by Gasteiger charge is -2.44. The molecule has 1 aromatic rings.